The molecule has 2 aromatic rings. The smallest absolute Gasteiger partial charge is 0.199 e. The van der Waals surface area contributed by atoms with Gasteiger partial charge in [-0.3, -0.25) is 4.79 Å². The summed E-state index contributed by atoms with van der Waals surface area (Å²) in [6, 6.07) is 3.05. The van der Waals surface area contributed by atoms with Gasteiger partial charge in [0.1, 0.15) is 12.4 Å². The van der Waals surface area contributed by atoms with E-state index in [-0.39, 0.29) is 0 Å². The lowest BCUT2D eigenvalue weighted by atomic mass is 10.1. The Morgan fingerprint density at radius 1 is 1.21 bits per heavy atom. The van der Waals surface area contributed by atoms with Crippen molar-refractivity contribution >= 4 is 5.78 Å². The monoisotopic (exact) mass is 192 g/mol. The van der Waals surface area contributed by atoms with Gasteiger partial charge >= 0.3 is 0 Å². The molecular weight excluding hydrogens is 184 g/mol. The summed E-state index contributed by atoms with van der Waals surface area (Å²) in [5, 5.41) is 9.60. The number of rotatable bonds is 3. The van der Waals surface area contributed by atoms with Gasteiger partial charge in [-0.05, 0) is 12.1 Å². The third-order valence-corrected chi connectivity index (χ3v) is 1.91. The molecule has 0 aliphatic carbocycles. The fourth-order valence-electron chi connectivity index (χ4n) is 1.14. The van der Waals surface area contributed by atoms with Gasteiger partial charge in [-0.25, -0.2) is 0 Å². The highest BCUT2D eigenvalue weighted by Crippen LogP contribution is 2.18. The minimum atomic E-state index is -1.19. The molecule has 0 spiro atoms. The zero-order valence-corrected chi connectivity index (χ0v) is 7.21. The van der Waals surface area contributed by atoms with Gasteiger partial charge in [0.05, 0.1) is 24.4 Å². The van der Waals surface area contributed by atoms with Gasteiger partial charge < -0.3 is 13.9 Å². The number of aliphatic hydroxyl groups is 1. The Bertz CT molecular complexity index is 399. The molecule has 14 heavy (non-hydrogen) atoms. The third-order valence-electron chi connectivity index (χ3n) is 1.91. The molecule has 72 valence electrons. The molecule has 1 atom stereocenters. The van der Waals surface area contributed by atoms with E-state index in [4.69, 9.17) is 8.83 Å². The SMILES string of the molecule is O=C(c1ccoc1)[C@H](O)c1ccoc1. The zero-order chi connectivity index (χ0) is 9.97. The van der Waals surface area contributed by atoms with Gasteiger partial charge in [0, 0.05) is 5.56 Å². The molecule has 0 unspecified atom stereocenters. The summed E-state index contributed by atoms with van der Waals surface area (Å²) >= 11 is 0. The first kappa shape index (κ1) is 8.77. The van der Waals surface area contributed by atoms with Crippen molar-refractivity contribution in [3.8, 4) is 0 Å². The van der Waals surface area contributed by atoms with Crippen LogP contribution in [-0.4, -0.2) is 10.9 Å². The van der Waals surface area contributed by atoms with Gasteiger partial charge in [0.15, 0.2) is 5.78 Å². The summed E-state index contributed by atoms with van der Waals surface area (Å²) in [7, 11) is 0. The van der Waals surface area contributed by atoms with Crippen LogP contribution in [0.3, 0.4) is 0 Å². The lowest BCUT2D eigenvalue weighted by Crippen LogP contribution is -2.10. The van der Waals surface area contributed by atoms with E-state index >= 15 is 0 Å². The van der Waals surface area contributed by atoms with E-state index in [0.717, 1.165) is 0 Å². The number of carbonyl (C=O) groups is 1. The molecule has 4 heteroatoms. The molecule has 2 rings (SSSR count). The minimum absolute atomic E-state index is 0.346. The maximum Gasteiger partial charge on any atom is 0.199 e. The Balaban J connectivity index is 2.21. The first-order valence-electron chi connectivity index (χ1n) is 4.05. The molecule has 1 N–H and O–H groups in total. The number of hydrogen-bond donors (Lipinski definition) is 1. The quantitative estimate of drug-likeness (QED) is 0.753. The van der Waals surface area contributed by atoms with Crippen LogP contribution in [0.25, 0.3) is 0 Å². The summed E-state index contributed by atoms with van der Waals surface area (Å²) in [5.74, 6) is -0.403. The molecule has 0 aliphatic heterocycles. The Morgan fingerprint density at radius 2 is 1.93 bits per heavy atom. The second-order valence-corrected chi connectivity index (χ2v) is 2.84. The van der Waals surface area contributed by atoms with E-state index in [0.29, 0.717) is 11.1 Å². The fraction of sp³-hybridized carbons (Fsp3) is 0.100. The highest BCUT2D eigenvalue weighted by atomic mass is 16.3. The highest BCUT2D eigenvalue weighted by molar-refractivity contribution is 5.99. The molecule has 0 fully saturated rings. The lowest BCUT2D eigenvalue weighted by Gasteiger charge is -2.03. The summed E-state index contributed by atoms with van der Waals surface area (Å²) < 4.78 is 9.52. The van der Waals surface area contributed by atoms with Crippen LogP contribution >= 0.6 is 0 Å². The van der Waals surface area contributed by atoms with Crippen molar-refractivity contribution in [1.82, 2.24) is 0 Å². The molecule has 2 aromatic heterocycles. The maximum absolute atomic E-state index is 11.6. The minimum Gasteiger partial charge on any atom is -0.472 e. The van der Waals surface area contributed by atoms with E-state index in [9.17, 15) is 9.90 Å². The molecule has 0 aromatic carbocycles. The average molecular weight is 192 g/mol. The second kappa shape index (κ2) is 3.51. The van der Waals surface area contributed by atoms with E-state index in [1.54, 1.807) is 6.07 Å². The number of Topliss-reactive ketones (excluding diaryl/α,β-unsaturated/α-hetero) is 1. The van der Waals surface area contributed by atoms with Crippen LogP contribution in [-0.2, 0) is 0 Å². The largest absolute Gasteiger partial charge is 0.472 e. The lowest BCUT2D eigenvalue weighted by molar-refractivity contribution is 0.0745. The zero-order valence-electron chi connectivity index (χ0n) is 7.21. The van der Waals surface area contributed by atoms with Crippen LogP contribution < -0.4 is 0 Å². The van der Waals surface area contributed by atoms with Gasteiger partial charge in [-0.15, -0.1) is 0 Å². The maximum atomic E-state index is 11.6. The van der Waals surface area contributed by atoms with Crippen LogP contribution in [0.15, 0.2) is 46.0 Å². The molecule has 0 amide bonds. The number of furan rings is 2. The number of aliphatic hydroxyl groups excluding tert-OH is 1. The molecule has 2 heterocycles. The fourth-order valence-corrected chi connectivity index (χ4v) is 1.14. The van der Waals surface area contributed by atoms with Gasteiger partial charge in [-0.2, -0.15) is 0 Å². The van der Waals surface area contributed by atoms with Crippen LogP contribution in [0.1, 0.15) is 22.0 Å². The first-order valence-corrected chi connectivity index (χ1v) is 4.05. The summed E-state index contributed by atoms with van der Waals surface area (Å²) in [6.07, 6.45) is 4.23. The van der Waals surface area contributed by atoms with E-state index in [1.165, 1.54) is 31.1 Å². The average Bonchev–Trinajstić information content (AvgIpc) is 2.87. The van der Waals surface area contributed by atoms with Gasteiger partial charge in [0.2, 0.25) is 0 Å². The highest BCUT2D eigenvalue weighted by Gasteiger charge is 2.20. The van der Waals surface area contributed by atoms with Crippen molar-refractivity contribution in [2.24, 2.45) is 0 Å². The normalized spacial score (nSPS) is 12.6. The molecule has 0 bridgehead atoms. The number of carbonyl (C=O) groups excluding carboxylic acids is 1. The van der Waals surface area contributed by atoms with Crippen molar-refractivity contribution < 1.29 is 18.7 Å². The first-order chi connectivity index (χ1) is 6.79. The Labute approximate surface area is 79.8 Å². The topological polar surface area (TPSA) is 63.6 Å². The molecule has 0 saturated heterocycles. The van der Waals surface area contributed by atoms with E-state index in [2.05, 4.69) is 0 Å². The summed E-state index contributed by atoms with van der Waals surface area (Å²) in [4.78, 5) is 11.6. The van der Waals surface area contributed by atoms with Crippen molar-refractivity contribution in [3.63, 3.8) is 0 Å². The molecule has 4 nitrogen and oxygen atoms in total. The Hall–Kier alpha value is -1.81. The Morgan fingerprint density at radius 3 is 2.50 bits per heavy atom. The van der Waals surface area contributed by atoms with Crippen molar-refractivity contribution in [1.29, 1.82) is 0 Å². The number of hydrogen-bond acceptors (Lipinski definition) is 4. The van der Waals surface area contributed by atoms with Crippen LogP contribution in [0.2, 0.25) is 0 Å². The molecule has 0 aliphatic rings. The summed E-state index contributed by atoms with van der Waals surface area (Å²) in [6.45, 7) is 0. The molecule has 0 saturated carbocycles. The number of ketones is 1. The van der Waals surface area contributed by atoms with E-state index < -0.39 is 11.9 Å². The van der Waals surface area contributed by atoms with Crippen LogP contribution in [0.5, 0.6) is 0 Å². The van der Waals surface area contributed by atoms with Crippen LogP contribution in [0.4, 0.5) is 0 Å². The molecular formula is C10H8O4. The predicted molar refractivity (Wildman–Crippen MR) is 46.7 cm³/mol. The Kier molecular flexibility index (Phi) is 2.20. The third kappa shape index (κ3) is 1.47. The van der Waals surface area contributed by atoms with Gasteiger partial charge in [-0.1, -0.05) is 0 Å². The van der Waals surface area contributed by atoms with Gasteiger partial charge in [0.25, 0.3) is 0 Å². The standard InChI is InChI=1S/C10H8O4/c11-9(7-1-3-13-5-7)10(12)8-2-4-14-6-8/h1-6,9,11H/t9-/m1/s1. The molecule has 0 radical (unpaired) electrons. The predicted octanol–water partition coefficient (Wildman–Crippen LogP) is 1.79. The van der Waals surface area contributed by atoms with Crippen LogP contribution in [0, 0.1) is 0 Å². The second-order valence-electron chi connectivity index (χ2n) is 2.84. The van der Waals surface area contributed by atoms with E-state index in [1.807, 2.05) is 0 Å². The van der Waals surface area contributed by atoms with Crippen molar-refractivity contribution in [2.45, 2.75) is 6.10 Å². The summed E-state index contributed by atoms with van der Waals surface area (Å²) in [5.41, 5.74) is 0.787. The van der Waals surface area contributed by atoms with Crippen molar-refractivity contribution in [2.75, 3.05) is 0 Å². The van der Waals surface area contributed by atoms with Crippen molar-refractivity contribution in [3.05, 3.63) is 48.3 Å².